The van der Waals surface area contributed by atoms with Crippen LogP contribution in [-0.4, -0.2) is 26.7 Å². The molecular weight excluding hydrogens is 318 g/mol. The molecule has 25 heavy (non-hydrogen) atoms. The van der Waals surface area contributed by atoms with Crippen LogP contribution in [0.15, 0.2) is 36.4 Å². The molecule has 2 aromatic rings. The Balaban J connectivity index is 2.01. The zero-order valence-electron chi connectivity index (χ0n) is 15.4. The van der Waals surface area contributed by atoms with Crippen molar-refractivity contribution >= 4 is 5.91 Å². The fourth-order valence-electron chi connectivity index (χ4n) is 2.54. The molecule has 0 aliphatic carbocycles. The van der Waals surface area contributed by atoms with E-state index < -0.39 is 0 Å². The summed E-state index contributed by atoms with van der Waals surface area (Å²) in [4.78, 5) is 12.2. The first-order valence-electron chi connectivity index (χ1n) is 8.16. The molecule has 1 atom stereocenters. The second-order valence-corrected chi connectivity index (χ2v) is 5.95. The molecule has 5 heteroatoms. The second kappa shape index (κ2) is 8.42. The van der Waals surface area contributed by atoms with E-state index in [2.05, 4.69) is 5.32 Å². The van der Waals surface area contributed by atoms with Crippen molar-refractivity contribution in [2.24, 2.45) is 0 Å². The van der Waals surface area contributed by atoms with Gasteiger partial charge >= 0.3 is 0 Å². The number of ether oxygens (including phenoxy) is 3. The molecule has 0 radical (unpaired) electrons. The molecule has 2 aromatic carbocycles. The molecule has 0 spiro atoms. The fourth-order valence-corrected chi connectivity index (χ4v) is 2.54. The third-order valence-corrected chi connectivity index (χ3v) is 3.98. The SMILES string of the molecule is COc1ccc(OC)c([C@@H](C)NC(=O)COc2cc(C)ccc2C)c1. The molecule has 1 N–H and O–H groups in total. The van der Waals surface area contributed by atoms with E-state index in [0.29, 0.717) is 11.5 Å². The lowest BCUT2D eigenvalue weighted by atomic mass is 10.1. The highest BCUT2D eigenvalue weighted by atomic mass is 16.5. The first-order valence-corrected chi connectivity index (χ1v) is 8.16. The van der Waals surface area contributed by atoms with E-state index in [9.17, 15) is 4.79 Å². The summed E-state index contributed by atoms with van der Waals surface area (Å²) in [6.07, 6.45) is 0. The van der Waals surface area contributed by atoms with Crippen molar-refractivity contribution in [3.05, 3.63) is 53.1 Å². The van der Waals surface area contributed by atoms with Crippen LogP contribution in [0.1, 0.15) is 29.7 Å². The normalized spacial score (nSPS) is 11.6. The number of methoxy groups -OCH3 is 2. The molecule has 0 bridgehead atoms. The van der Waals surface area contributed by atoms with Crippen LogP contribution in [-0.2, 0) is 4.79 Å². The molecule has 0 fully saturated rings. The Kier molecular flexibility index (Phi) is 6.28. The molecule has 0 aliphatic rings. The highest BCUT2D eigenvalue weighted by Gasteiger charge is 2.16. The molecule has 0 aromatic heterocycles. The minimum atomic E-state index is -0.236. The van der Waals surface area contributed by atoms with Gasteiger partial charge in [0.05, 0.1) is 20.3 Å². The average Bonchev–Trinajstić information content (AvgIpc) is 2.61. The van der Waals surface area contributed by atoms with Gasteiger partial charge in [0.2, 0.25) is 0 Å². The summed E-state index contributed by atoms with van der Waals surface area (Å²) in [5.41, 5.74) is 2.94. The highest BCUT2D eigenvalue weighted by Crippen LogP contribution is 2.29. The standard InChI is InChI=1S/C20H25NO4/c1-13-6-7-14(2)19(10-13)25-12-20(22)21-15(3)17-11-16(23-4)8-9-18(17)24-5/h6-11,15H,12H2,1-5H3,(H,21,22)/t15-/m1/s1. The molecule has 0 saturated carbocycles. The van der Waals surface area contributed by atoms with Crippen LogP contribution in [0.4, 0.5) is 0 Å². The second-order valence-electron chi connectivity index (χ2n) is 5.95. The highest BCUT2D eigenvalue weighted by molar-refractivity contribution is 5.78. The molecule has 0 heterocycles. The average molecular weight is 343 g/mol. The van der Waals surface area contributed by atoms with Gasteiger partial charge in [0.1, 0.15) is 17.2 Å². The zero-order valence-corrected chi connectivity index (χ0v) is 15.4. The van der Waals surface area contributed by atoms with Crippen molar-refractivity contribution in [3.8, 4) is 17.2 Å². The molecular formula is C20H25NO4. The Labute approximate surface area is 148 Å². The van der Waals surface area contributed by atoms with Crippen molar-refractivity contribution in [1.29, 1.82) is 0 Å². The first-order chi connectivity index (χ1) is 11.9. The van der Waals surface area contributed by atoms with Gasteiger partial charge in [-0.3, -0.25) is 4.79 Å². The van der Waals surface area contributed by atoms with Gasteiger partial charge in [-0.1, -0.05) is 12.1 Å². The third-order valence-electron chi connectivity index (χ3n) is 3.98. The van der Waals surface area contributed by atoms with E-state index in [1.54, 1.807) is 14.2 Å². The van der Waals surface area contributed by atoms with E-state index in [0.717, 1.165) is 22.4 Å². The van der Waals surface area contributed by atoms with Crippen molar-refractivity contribution in [2.75, 3.05) is 20.8 Å². The minimum absolute atomic E-state index is 0.0408. The van der Waals surface area contributed by atoms with Crippen LogP contribution in [0, 0.1) is 13.8 Å². The number of benzene rings is 2. The Morgan fingerprint density at radius 2 is 1.80 bits per heavy atom. The lowest BCUT2D eigenvalue weighted by molar-refractivity contribution is -0.123. The predicted octanol–water partition coefficient (Wildman–Crippen LogP) is 3.58. The largest absolute Gasteiger partial charge is 0.497 e. The summed E-state index contributed by atoms with van der Waals surface area (Å²) in [6.45, 7) is 5.80. The summed E-state index contributed by atoms with van der Waals surface area (Å²) in [5.74, 6) is 1.94. The summed E-state index contributed by atoms with van der Waals surface area (Å²) in [7, 11) is 3.20. The summed E-state index contributed by atoms with van der Waals surface area (Å²) < 4.78 is 16.3. The molecule has 0 unspecified atom stereocenters. The number of carbonyl (C=O) groups is 1. The molecule has 0 aliphatic heterocycles. The molecule has 1 amide bonds. The van der Waals surface area contributed by atoms with Gasteiger partial charge in [0.15, 0.2) is 6.61 Å². The smallest absolute Gasteiger partial charge is 0.258 e. The fraction of sp³-hybridized carbons (Fsp3) is 0.350. The van der Waals surface area contributed by atoms with Crippen molar-refractivity contribution in [3.63, 3.8) is 0 Å². The van der Waals surface area contributed by atoms with Crippen molar-refractivity contribution < 1.29 is 19.0 Å². The van der Waals surface area contributed by atoms with Gasteiger partial charge in [-0.05, 0) is 56.2 Å². The van der Waals surface area contributed by atoms with E-state index in [1.807, 2.05) is 57.2 Å². The molecule has 0 saturated heterocycles. The number of rotatable bonds is 7. The number of carbonyl (C=O) groups excluding carboxylic acids is 1. The summed E-state index contributed by atoms with van der Waals surface area (Å²) in [6, 6.07) is 11.2. The Bertz CT molecular complexity index is 742. The third kappa shape index (κ3) is 4.89. The monoisotopic (exact) mass is 343 g/mol. The van der Waals surface area contributed by atoms with Crippen LogP contribution in [0.3, 0.4) is 0 Å². The Morgan fingerprint density at radius 1 is 1.04 bits per heavy atom. The molecule has 2 rings (SSSR count). The number of amides is 1. The summed E-state index contributed by atoms with van der Waals surface area (Å²) in [5, 5.41) is 2.93. The molecule has 134 valence electrons. The van der Waals surface area contributed by atoms with Crippen molar-refractivity contribution in [2.45, 2.75) is 26.8 Å². The Hall–Kier alpha value is -2.69. The van der Waals surface area contributed by atoms with Crippen LogP contribution in [0.5, 0.6) is 17.2 Å². The quantitative estimate of drug-likeness (QED) is 0.835. The van der Waals surface area contributed by atoms with E-state index in [-0.39, 0.29) is 18.6 Å². The number of hydrogen-bond donors (Lipinski definition) is 1. The number of hydrogen-bond acceptors (Lipinski definition) is 4. The lowest BCUT2D eigenvalue weighted by Gasteiger charge is -2.18. The lowest BCUT2D eigenvalue weighted by Crippen LogP contribution is -2.31. The van der Waals surface area contributed by atoms with Gasteiger partial charge in [-0.25, -0.2) is 0 Å². The Morgan fingerprint density at radius 3 is 2.48 bits per heavy atom. The zero-order chi connectivity index (χ0) is 18.4. The van der Waals surface area contributed by atoms with Crippen LogP contribution < -0.4 is 19.5 Å². The van der Waals surface area contributed by atoms with Gasteiger partial charge in [-0.2, -0.15) is 0 Å². The predicted molar refractivity (Wildman–Crippen MR) is 97.5 cm³/mol. The van der Waals surface area contributed by atoms with Crippen LogP contribution in [0.25, 0.3) is 0 Å². The summed E-state index contributed by atoms with van der Waals surface area (Å²) >= 11 is 0. The van der Waals surface area contributed by atoms with Gasteiger partial charge in [0.25, 0.3) is 5.91 Å². The molecule has 5 nitrogen and oxygen atoms in total. The maximum Gasteiger partial charge on any atom is 0.258 e. The van der Waals surface area contributed by atoms with E-state index in [1.165, 1.54) is 0 Å². The maximum atomic E-state index is 12.2. The van der Waals surface area contributed by atoms with Crippen LogP contribution >= 0.6 is 0 Å². The maximum absolute atomic E-state index is 12.2. The van der Waals surface area contributed by atoms with Gasteiger partial charge in [0, 0.05) is 5.56 Å². The number of aryl methyl sites for hydroxylation is 2. The number of nitrogens with one attached hydrogen (secondary N) is 1. The van der Waals surface area contributed by atoms with E-state index in [4.69, 9.17) is 14.2 Å². The minimum Gasteiger partial charge on any atom is -0.497 e. The van der Waals surface area contributed by atoms with Crippen molar-refractivity contribution in [1.82, 2.24) is 5.32 Å². The first kappa shape index (κ1) is 18.6. The van der Waals surface area contributed by atoms with E-state index >= 15 is 0 Å². The van der Waals surface area contributed by atoms with Crippen LogP contribution in [0.2, 0.25) is 0 Å². The topological polar surface area (TPSA) is 56.8 Å². The van der Waals surface area contributed by atoms with Gasteiger partial charge < -0.3 is 19.5 Å². The van der Waals surface area contributed by atoms with Gasteiger partial charge in [-0.15, -0.1) is 0 Å².